The number of hydrogen-bond acceptors (Lipinski definition) is 3. The highest BCUT2D eigenvalue weighted by molar-refractivity contribution is 7.84. The summed E-state index contributed by atoms with van der Waals surface area (Å²) >= 11 is 0. The van der Waals surface area contributed by atoms with E-state index in [0.717, 1.165) is 16.1 Å². The van der Waals surface area contributed by atoms with E-state index >= 15 is 0 Å². The molecule has 4 heteroatoms. The van der Waals surface area contributed by atoms with Crippen LogP contribution in [-0.4, -0.2) is 23.2 Å². The van der Waals surface area contributed by atoms with Gasteiger partial charge in [0.05, 0.1) is 0 Å². The summed E-state index contributed by atoms with van der Waals surface area (Å²) in [6, 6.07) is 5.46. The molecule has 1 atom stereocenters. The third-order valence-electron chi connectivity index (χ3n) is 2.00. The molecule has 0 amide bonds. The summed E-state index contributed by atoms with van der Waals surface area (Å²) in [6.45, 7) is 1.72. The number of benzene rings is 1. The zero-order valence-corrected chi connectivity index (χ0v) is 9.37. The van der Waals surface area contributed by atoms with Crippen LogP contribution in [0, 0.1) is 5.41 Å². The van der Waals surface area contributed by atoms with Crippen molar-refractivity contribution in [2.24, 2.45) is 0 Å². The molecule has 0 saturated carbocycles. The Hall–Kier alpha value is -1.16. The molecule has 0 saturated heterocycles. The van der Waals surface area contributed by atoms with E-state index in [4.69, 9.17) is 5.41 Å². The first kappa shape index (κ1) is 10.9. The van der Waals surface area contributed by atoms with Crippen molar-refractivity contribution >= 4 is 22.2 Å². The van der Waals surface area contributed by atoms with Gasteiger partial charge in [0, 0.05) is 46.0 Å². The van der Waals surface area contributed by atoms with Crippen LogP contribution in [0.3, 0.4) is 0 Å². The Labute approximate surface area is 86.5 Å². The highest BCUT2D eigenvalue weighted by atomic mass is 32.2. The van der Waals surface area contributed by atoms with Gasteiger partial charge in [-0.15, -0.1) is 0 Å². The van der Waals surface area contributed by atoms with Gasteiger partial charge < -0.3 is 10.7 Å². The fraction of sp³-hybridized carbons (Fsp3) is 0.300. The minimum atomic E-state index is -0.990. The summed E-state index contributed by atoms with van der Waals surface area (Å²) in [6.07, 6.45) is 1.64. The monoisotopic (exact) mass is 210 g/mol. The first-order chi connectivity index (χ1) is 6.56. The third kappa shape index (κ3) is 2.20. The zero-order chi connectivity index (χ0) is 10.7. The SMILES string of the molecule is CNc1ccc(S(C)=O)cc1C(C)=N. The summed E-state index contributed by atoms with van der Waals surface area (Å²) < 4.78 is 11.2. The predicted octanol–water partition coefficient (Wildman–Crippen LogP) is 1.85. The van der Waals surface area contributed by atoms with Gasteiger partial charge in [-0.05, 0) is 25.1 Å². The van der Waals surface area contributed by atoms with Crippen molar-refractivity contribution in [3.63, 3.8) is 0 Å². The number of hydrogen-bond donors (Lipinski definition) is 2. The summed E-state index contributed by atoms with van der Waals surface area (Å²) in [5.74, 6) is 0. The summed E-state index contributed by atoms with van der Waals surface area (Å²) in [5, 5.41) is 10.6. The van der Waals surface area contributed by atoms with Crippen LogP contribution in [0.15, 0.2) is 23.1 Å². The normalized spacial score (nSPS) is 12.2. The molecule has 2 N–H and O–H groups in total. The molecular formula is C10H14N2OS. The highest BCUT2D eigenvalue weighted by Crippen LogP contribution is 2.19. The molecule has 0 heterocycles. The smallest absolute Gasteiger partial charge is 0.0498 e. The molecule has 0 radical (unpaired) electrons. The molecule has 1 unspecified atom stereocenters. The van der Waals surface area contributed by atoms with Crippen LogP contribution in [0.5, 0.6) is 0 Å². The van der Waals surface area contributed by atoms with E-state index in [9.17, 15) is 4.21 Å². The minimum Gasteiger partial charge on any atom is -0.388 e. The minimum absolute atomic E-state index is 0.474. The van der Waals surface area contributed by atoms with Crippen molar-refractivity contribution in [3.05, 3.63) is 23.8 Å². The largest absolute Gasteiger partial charge is 0.388 e. The Bertz CT molecular complexity index is 388. The number of nitrogens with one attached hydrogen (secondary N) is 2. The lowest BCUT2D eigenvalue weighted by molar-refractivity contribution is 0.687. The lowest BCUT2D eigenvalue weighted by Crippen LogP contribution is -2.01. The Morgan fingerprint density at radius 2 is 2.14 bits per heavy atom. The van der Waals surface area contributed by atoms with Gasteiger partial charge in [-0.3, -0.25) is 4.21 Å². The van der Waals surface area contributed by atoms with Crippen LogP contribution in [-0.2, 0) is 10.8 Å². The van der Waals surface area contributed by atoms with Crippen molar-refractivity contribution in [1.82, 2.24) is 0 Å². The quantitative estimate of drug-likeness (QED) is 0.748. The second-order valence-electron chi connectivity index (χ2n) is 3.04. The molecule has 14 heavy (non-hydrogen) atoms. The summed E-state index contributed by atoms with van der Waals surface area (Å²) in [7, 11) is 0.819. The van der Waals surface area contributed by atoms with Gasteiger partial charge in [-0.2, -0.15) is 0 Å². The van der Waals surface area contributed by atoms with Gasteiger partial charge in [0.1, 0.15) is 0 Å². The van der Waals surface area contributed by atoms with Gasteiger partial charge in [0.15, 0.2) is 0 Å². The molecule has 0 bridgehead atoms. The average Bonchev–Trinajstić information content (AvgIpc) is 2.16. The Morgan fingerprint density at radius 1 is 1.50 bits per heavy atom. The second-order valence-corrected chi connectivity index (χ2v) is 4.42. The molecule has 1 aromatic rings. The first-order valence-corrected chi connectivity index (χ1v) is 5.83. The number of anilines is 1. The Balaban J connectivity index is 3.27. The molecule has 0 fully saturated rings. The molecule has 0 aliphatic carbocycles. The van der Waals surface area contributed by atoms with Crippen molar-refractivity contribution in [3.8, 4) is 0 Å². The fourth-order valence-electron chi connectivity index (χ4n) is 1.23. The molecule has 1 aromatic carbocycles. The van der Waals surface area contributed by atoms with Crippen molar-refractivity contribution in [1.29, 1.82) is 5.41 Å². The Morgan fingerprint density at radius 3 is 2.57 bits per heavy atom. The zero-order valence-electron chi connectivity index (χ0n) is 8.55. The molecular weight excluding hydrogens is 196 g/mol. The summed E-state index contributed by atoms with van der Waals surface area (Å²) in [5.41, 5.74) is 2.17. The van der Waals surface area contributed by atoms with Crippen LogP contribution < -0.4 is 5.32 Å². The van der Waals surface area contributed by atoms with E-state index in [2.05, 4.69) is 5.32 Å². The Kier molecular flexibility index (Phi) is 3.41. The fourth-order valence-corrected chi connectivity index (χ4v) is 1.77. The van der Waals surface area contributed by atoms with Gasteiger partial charge in [-0.25, -0.2) is 0 Å². The lowest BCUT2D eigenvalue weighted by atomic mass is 10.1. The van der Waals surface area contributed by atoms with Gasteiger partial charge in [0.25, 0.3) is 0 Å². The van der Waals surface area contributed by atoms with E-state index in [1.165, 1.54) is 0 Å². The van der Waals surface area contributed by atoms with Crippen LogP contribution in [0.2, 0.25) is 0 Å². The van der Waals surface area contributed by atoms with Crippen LogP contribution >= 0.6 is 0 Å². The van der Waals surface area contributed by atoms with Crippen molar-refractivity contribution in [2.75, 3.05) is 18.6 Å². The topological polar surface area (TPSA) is 53.0 Å². The van der Waals surface area contributed by atoms with Crippen molar-refractivity contribution in [2.45, 2.75) is 11.8 Å². The van der Waals surface area contributed by atoms with E-state index in [1.807, 2.05) is 19.2 Å². The highest BCUT2D eigenvalue weighted by Gasteiger charge is 2.06. The van der Waals surface area contributed by atoms with E-state index in [0.29, 0.717) is 5.71 Å². The van der Waals surface area contributed by atoms with Crippen LogP contribution in [0.25, 0.3) is 0 Å². The maximum atomic E-state index is 11.2. The van der Waals surface area contributed by atoms with E-state index < -0.39 is 10.8 Å². The molecule has 0 aliphatic heterocycles. The molecule has 0 aliphatic rings. The van der Waals surface area contributed by atoms with Gasteiger partial charge in [0.2, 0.25) is 0 Å². The molecule has 0 aromatic heterocycles. The maximum absolute atomic E-state index is 11.2. The average molecular weight is 210 g/mol. The van der Waals surface area contributed by atoms with Crippen molar-refractivity contribution < 1.29 is 4.21 Å². The lowest BCUT2D eigenvalue weighted by Gasteiger charge is -2.08. The predicted molar refractivity (Wildman–Crippen MR) is 60.8 cm³/mol. The van der Waals surface area contributed by atoms with Crippen LogP contribution in [0.1, 0.15) is 12.5 Å². The standard InChI is InChI=1S/C10H14N2OS/c1-7(11)9-6-8(14(3)13)4-5-10(9)12-2/h4-6,11-12H,1-3H3. The first-order valence-electron chi connectivity index (χ1n) is 4.27. The van der Waals surface area contributed by atoms with Crippen LogP contribution in [0.4, 0.5) is 5.69 Å². The van der Waals surface area contributed by atoms with E-state index in [-0.39, 0.29) is 0 Å². The molecule has 76 valence electrons. The van der Waals surface area contributed by atoms with E-state index in [1.54, 1.807) is 19.2 Å². The third-order valence-corrected chi connectivity index (χ3v) is 2.91. The molecule has 0 spiro atoms. The summed E-state index contributed by atoms with van der Waals surface area (Å²) in [4.78, 5) is 0.755. The molecule has 1 rings (SSSR count). The van der Waals surface area contributed by atoms with Gasteiger partial charge >= 0.3 is 0 Å². The second kappa shape index (κ2) is 4.37. The molecule has 3 nitrogen and oxygen atoms in total. The number of rotatable bonds is 3. The van der Waals surface area contributed by atoms with Gasteiger partial charge in [-0.1, -0.05) is 0 Å². The maximum Gasteiger partial charge on any atom is 0.0498 e.